The zero-order valence-corrected chi connectivity index (χ0v) is 13.7. The van der Waals surface area contributed by atoms with Crippen molar-refractivity contribution in [1.29, 1.82) is 0 Å². The third-order valence-corrected chi connectivity index (χ3v) is 4.10. The molecule has 1 aliphatic heterocycles. The maximum absolute atomic E-state index is 10.8. The van der Waals surface area contributed by atoms with Crippen molar-refractivity contribution in [1.82, 2.24) is 9.97 Å². The van der Waals surface area contributed by atoms with Crippen LogP contribution in [0.25, 0.3) is 0 Å². The zero-order chi connectivity index (χ0) is 16.4. The van der Waals surface area contributed by atoms with Gasteiger partial charge in [-0.2, -0.15) is 9.97 Å². The molecule has 2 heterocycles. The number of nitrogens with one attached hydrogen (secondary N) is 1. The van der Waals surface area contributed by atoms with Gasteiger partial charge in [0.05, 0.1) is 11.1 Å². The van der Waals surface area contributed by atoms with Gasteiger partial charge in [0.2, 0.25) is 11.8 Å². The third-order valence-electron chi connectivity index (χ3n) is 4.10. The molecule has 3 rings (SSSR count). The summed E-state index contributed by atoms with van der Waals surface area (Å²) in [6, 6.07) is 6.92. The molecule has 1 aromatic heterocycles. The summed E-state index contributed by atoms with van der Waals surface area (Å²) in [6.45, 7) is 0.760. The third kappa shape index (κ3) is 3.86. The van der Waals surface area contributed by atoms with E-state index in [-0.39, 0.29) is 24.2 Å². The molecule has 0 saturated heterocycles. The highest BCUT2D eigenvalue weighted by Gasteiger charge is 2.23. The standard InChI is InChI=1S/C16H18N4O3.ClH/c17-16-19-13-12(14(21)20-16)7-10(8-18-13)2-1-9-3-5-11(6-4-9)15(22)23;/h3-6,10H,1-2,7-8H2,(H,22,23)(H4,17,18,19,20,21);1H/t10-;/m1./s1. The van der Waals surface area contributed by atoms with Gasteiger partial charge in [-0.25, -0.2) is 4.79 Å². The molecule has 1 aliphatic rings. The Morgan fingerprint density at radius 2 is 2.00 bits per heavy atom. The number of fused-ring (bicyclic) bond motifs is 1. The van der Waals surface area contributed by atoms with Crippen molar-refractivity contribution < 1.29 is 15.0 Å². The lowest BCUT2D eigenvalue weighted by Gasteiger charge is -2.25. The molecule has 1 aromatic carbocycles. The lowest BCUT2D eigenvalue weighted by molar-refractivity contribution is 0.0697. The van der Waals surface area contributed by atoms with E-state index in [4.69, 9.17) is 10.8 Å². The molecule has 8 heteroatoms. The molecule has 0 fully saturated rings. The van der Waals surface area contributed by atoms with Crippen LogP contribution in [0.1, 0.15) is 27.9 Å². The maximum Gasteiger partial charge on any atom is 0.335 e. The fourth-order valence-corrected chi connectivity index (χ4v) is 2.81. The molecule has 24 heavy (non-hydrogen) atoms. The average molecular weight is 351 g/mol. The number of nitrogen functional groups attached to an aromatic ring is 1. The Morgan fingerprint density at radius 1 is 1.29 bits per heavy atom. The first-order chi connectivity index (χ1) is 11.0. The van der Waals surface area contributed by atoms with Crippen LogP contribution in [0.3, 0.4) is 0 Å². The molecule has 0 unspecified atom stereocenters. The van der Waals surface area contributed by atoms with Gasteiger partial charge in [-0.05, 0) is 42.9 Å². The highest BCUT2D eigenvalue weighted by atomic mass is 35.5. The number of carboxylic acid groups (broad SMARTS) is 1. The van der Waals surface area contributed by atoms with E-state index in [1.54, 1.807) is 12.1 Å². The van der Waals surface area contributed by atoms with Gasteiger partial charge in [-0.3, -0.25) is 0 Å². The second kappa shape index (κ2) is 7.35. The Kier molecular flexibility index (Phi) is 5.46. The average Bonchev–Trinajstić information content (AvgIpc) is 2.53. The van der Waals surface area contributed by atoms with Crippen LogP contribution >= 0.6 is 12.4 Å². The highest BCUT2D eigenvalue weighted by Crippen LogP contribution is 2.31. The van der Waals surface area contributed by atoms with Crippen LogP contribution in [-0.2, 0) is 12.8 Å². The molecule has 2 aromatic rings. The quantitative estimate of drug-likeness (QED) is 0.666. The highest BCUT2D eigenvalue weighted by molar-refractivity contribution is 5.87. The number of hydrogen-bond donors (Lipinski definition) is 4. The molecule has 0 spiro atoms. The number of aromatic hydroxyl groups is 1. The molecule has 0 amide bonds. The Balaban J connectivity index is 0.00000208. The first-order valence-corrected chi connectivity index (χ1v) is 7.44. The van der Waals surface area contributed by atoms with Crippen molar-refractivity contribution in [3.8, 4) is 5.88 Å². The summed E-state index contributed by atoms with van der Waals surface area (Å²) < 4.78 is 0. The number of rotatable bonds is 4. The molecule has 0 saturated carbocycles. The smallest absolute Gasteiger partial charge is 0.335 e. The van der Waals surface area contributed by atoms with Crippen molar-refractivity contribution in [3.05, 3.63) is 41.0 Å². The predicted molar refractivity (Wildman–Crippen MR) is 92.8 cm³/mol. The molecular formula is C16H19ClN4O3. The summed E-state index contributed by atoms with van der Waals surface area (Å²) in [5, 5.41) is 22.0. The summed E-state index contributed by atoms with van der Waals surface area (Å²) in [5.74, 6) is 0.0393. The lowest BCUT2D eigenvalue weighted by atomic mass is 9.90. The minimum atomic E-state index is -0.917. The van der Waals surface area contributed by atoms with Crippen LogP contribution in [0.2, 0.25) is 0 Å². The summed E-state index contributed by atoms with van der Waals surface area (Å²) in [6.07, 6.45) is 2.46. The molecule has 7 nitrogen and oxygen atoms in total. The summed E-state index contributed by atoms with van der Waals surface area (Å²) >= 11 is 0. The molecule has 1 atom stereocenters. The minimum absolute atomic E-state index is 0. The number of anilines is 2. The molecule has 128 valence electrons. The van der Waals surface area contributed by atoms with Crippen LogP contribution in [-0.4, -0.2) is 32.7 Å². The van der Waals surface area contributed by atoms with E-state index in [0.29, 0.717) is 29.3 Å². The first kappa shape index (κ1) is 17.8. The van der Waals surface area contributed by atoms with E-state index in [0.717, 1.165) is 24.9 Å². The fraction of sp³-hybridized carbons (Fsp3) is 0.312. The number of nitrogens with two attached hydrogens (primary N) is 1. The molecule has 5 N–H and O–H groups in total. The van der Waals surface area contributed by atoms with E-state index in [9.17, 15) is 9.90 Å². The number of carbonyl (C=O) groups is 1. The van der Waals surface area contributed by atoms with Gasteiger partial charge in [0.25, 0.3) is 0 Å². The van der Waals surface area contributed by atoms with Crippen molar-refractivity contribution in [2.24, 2.45) is 5.92 Å². The number of aromatic carboxylic acids is 1. The van der Waals surface area contributed by atoms with E-state index in [1.807, 2.05) is 12.1 Å². The normalized spacial score (nSPS) is 15.8. The predicted octanol–water partition coefficient (Wildman–Crippen LogP) is 2.10. The van der Waals surface area contributed by atoms with Gasteiger partial charge in [-0.15, -0.1) is 12.4 Å². The number of hydrogen-bond acceptors (Lipinski definition) is 6. The SMILES string of the molecule is Cl.Nc1nc(O)c2c(n1)NC[C@H](CCc1ccc(C(=O)O)cc1)C2. The Hall–Kier alpha value is -2.54. The zero-order valence-electron chi connectivity index (χ0n) is 12.9. The van der Waals surface area contributed by atoms with Crippen molar-refractivity contribution in [2.75, 3.05) is 17.6 Å². The molecule has 0 aliphatic carbocycles. The number of carboxylic acids is 1. The van der Waals surface area contributed by atoms with E-state index in [1.165, 1.54) is 0 Å². The topological polar surface area (TPSA) is 121 Å². The van der Waals surface area contributed by atoms with Gasteiger partial charge in [0, 0.05) is 6.54 Å². The summed E-state index contributed by atoms with van der Waals surface area (Å²) in [4.78, 5) is 18.7. The Morgan fingerprint density at radius 3 is 2.67 bits per heavy atom. The van der Waals surface area contributed by atoms with Gasteiger partial charge in [0.15, 0.2) is 0 Å². The summed E-state index contributed by atoms with van der Waals surface area (Å²) in [7, 11) is 0. The maximum atomic E-state index is 10.8. The second-order valence-electron chi connectivity index (χ2n) is 5.72. The van der Waals surface area contributed by atoms with E-state index < -0.39 is 5.97 Å². The number of halogens is 1. The monoisotopic (exact) mass is 350 g/mol. The van der Waals surface area contributed by atoms with Gasteiger partial charge in [-0.1, -0.05) is 12.1 Å². The van der Waals surface area contributed by atoms with Crippen molar-refractivity contribution in [2.45, 2.75) is 19.3 Å². The fourth-order valence-electron chi connectivity index (χ4n) is 2.81. The van der Waals surface area contributed by atoms with Crippen LogP contribution in [0.15, 0.2) is 24.3 Å². The Labute approximate surface area is 145 Å². The van der Waals surface area contributed by atoms with Crippen molar-refractivity contribution in [3.63, 3.8) is 0 Å². The lowest BCUT2D eigenvalue weighted by Crippen LogP contribution is -2.25. The Bertz CT molecular complexity index is 737. The van der Waals surface area contributed by atoms with Crippen LogP contribution < -0.4 is 11.1 Å². The van der Waals surface area contributed by atoms with Crippen molar-refractivity contribution >= 4 is 30.1 Å². The molecular weight excluding hydrogens is 332 g/mol. The second-order valence-corrected chi connectivity index (χ2v) is 5.72. The minimum Gasteiger partial charge on any atom is -0.493 e. The number of nitrogens with zero attached hydrogens (tertiary/aromatic N) is 2. The van der Waals surface area contributed by atoms with Crippen LogP contribution in [0.4, 0.5) is 11.8 Å². The van der Waals surface area contributed by atoms with Crippen LogP contribution in [0.5, 0.6) is 5.88 Å². The van der Waals surface area contributed by atoms with E-state index >= 15 is 0 Å². The molecule has 0 radical (unpaired) electrons. The largest absolute Gasteiger partial charge is 0.493 e. The van der Waals surface area contributed by atoms with Gasteiger partial charge >= 0.3 is 5.97 Å². The first-order valence-electron chi connectivity index (χ1n) is 7.44. The summed E-state index contributed by atoms with van der Waals surface area (Å²) in [5.41, 5.74) is 7.62. The number of aromatic nitrogens is 2. The van der Waals surface area contributed by atoms with Gasteiger partial charge < -0.3 is 21.3 Å². The van der Waals surface area contributed by atoms with Crippen LogP contribution in [0, 0.1) is 5.92 Å². The van der Waals surface area contributed by atoms with Gasteiger partial charge in [0.1, 0.15) is 5.82 Å². The molecule has 0 bridgehead atoms. The number of aryl methyl sites for hydroxylation is 1. The van der Waals surface area contributed by atoms with E-state index in [2.05, 4.69) is 15.3 Å². The number of benzene rings is 1.